The lowest BCUT2D eigenvalue weighted by atomic mass is 9.89. The van der Waals surface area contributed by atoms with E-state index >= 15 is 0 Å². The van der Waals surface area contributed by atoms with Gasteiger partial charge < -0.3 is 4.74 Å². The molecule has 3 heteroatoms. The summed E-state index contributed by atoms with van der Waals surface area (Å²) in [5.41, 5.74) is 14.8. The number of ether oxygens (including phenoxy) is 1. The molecule has 0 N–H and O–H groups in total. The highest BCUT2D eigenvalue weighted by Gasteiger charge is 2.22. The van der Waals surface area contributed by atoms with Crippen molar-refractivity contribution in [3.05, 3.63) is 99.4 Å². The molecule has 5 rings (SSSR count). The van der Waals surface area contributed by atoms with E-state index in [-0.39, 0.29) is 0 Å². The molecule has 0 spiro atoms. The number of aromatic nitrogens is 2. The molecular weight excluding hydrogens is 404 g/mol. The maximum atomic E-state index is 5.89. The number of fused-ring (bicyclic) bond motifs is 2. The van der Waals surface area contributed by atoms with Crippen LogP contribution in [-0.2, 0) is 13.1 Å². The van der Waals surface area contributed by atoms with Gasteiger partial charge in [-0.25, -0.2) is 9.13 Å². The zero-order valence-electron chi connectivity index (χ0n) is 20.6. The van der Waals surface area contributed by atoms with Gasteiger partial charge in [-0.3, -0.25) is 0 Å². The molecule has 33 heavy (non-hydrogen) atoms. The highest BCUT2D eigenvalue weighted by Crippen LogP contribution is 2.31. The Morgan fingerprint density at radius 2 is 1.55 bits per heavy atom. The van der Waals surface area contributed by atoms with E-state index in [1.165, 1.54) is 61.1 Å². The fourth-order valence-corrected chi connectivity index (χ4v) is 5.18. The minimum atomic E-state index is 0.630. The first kappa shape index (κ1) is 21.5. The second kappa shape index (κ2) is 8.22. The lowest BCUT2D eigenvalue weighted by molar-refractivity contribution is -0.659. The van der Waals surface area contributed by atoms with Crippen LogP contribution in [0.2, 0.25) is 0 Å². The molecule has 0 saturated carbocycles. The van der Waals surface area contributed by atoms with Crippen LogP contribution >= 0.6 is 0 Å². The molecule has 168 valence electrons. The molecule has 0 aliphatic carbocycles. The molecule has 2 heterocycles. The van der Waals surface area contributed by atoms with Crippen molar-refractivity contribution in [2.75, 3.05) is 6.61 Å². The fourth-order valence-electron chi connectivity index (χ4n) is 5.18. The van der Waals surface area contributed by atoms with Crippen LogP contribution in [0.15, 0.2) is 54.9 Å². The fraction of sp³-hybridized carbons (Fsp3) is 0.300. The molecule has 4 aromatic rings. The van der Waals surface area contributed by atoms with Crippen molar-refractivity contribution in [2.24, 2.45) is 0 Å². The maximum absolute atomic E-state index is 5.89. The predicted molar refractivity (Wildman–Crippen MR) is 136 cm³/mol. The number of para-hydroxylation sites is 2. The van der Waals surface area contributed by atoms with Gasteiger partial charge in [-0.05, 0) is 105 Å². The summed E-state index contributed by atoms with van der Waals surface area (Å²) in [6, 6.07) is 15.2. The number of aryl methyl sites for hydroxylation is 1. The Labute approximate surface area is 197 Å². The zero-order valence-corrected chi connectivity index (χ0v) is 20.6. The van der Waals surface area contributed by atoms with Crippen LogP contribution in [0.1, 0.15) is 44.5 Å². The number of hydrogen-bond donors (Lipinski definition) is 0. The van der Waals surface area contributed by atoms with Gasteiger partial charge in [0.2, 0.25) is 6.33 Å². The summed E-state index contributed by atoms with van der Waals surface area (Å²) < 4.78 is 10.7. The number of allylic oxidation sites excluding steroid dienone is 1. The molecule has 0 radical (unpaired) electrons. The van der Waals surface area contributed by atoms with Crippen LogP contribution in [0.4, 0.5) is 0 Å². The minimum Gasteiger partial charge on any atom is -0.489 e. The molecular formula is C30H33N2O+. The number of imidazole rings is 1. The number of rotatable bonds is 4. The van der Waals surface area contributed by atoms with E-state index in [4.69, 9.17) is 4.74 Å². The molecule has 0 bridgehead atoms. The summed E-state index contributed by atoms with van der Waals surface area (Å²) in [4.78, 5) is 0. The van der Waals surface area contributed by atoms with Crippen molar-refractivity contribution in [2.45, 2.75) is 54.6 Å². The number of benzene rings is 3. The van der Waals surface area contributed by atoms with E-state index in [0.29, 0.717) is 6.61 Å². The SMILES string of the molecule is Cc1ccc2c(c1)C(C[n+]1cn(Cc3c(C)c(C)c(C)c(C)c3C)c3ccccc31)=CCO2. The Morgan fingerprint density at radius 1 is 0.848 bits per heavy atom. The summed E-state index contributed by atoms with van der Waals surface area (Å²) in [5.74, 6) is 0.985. The molecule has 0 amide bonds. The maximum Gasteiger partial charge on any atom is 0.245 e. The van der Waals surface area contributed by atoms with Gasteiger partial charge in [0.25, 0.3) is 0 Å². The van der Waals surface area contributed by atoms with Crippen molar-refractivity contribution in [3.8, 4) is 5.75 Å². The first-order chi connectivity index (χ1) is 15.8. The van der Waals surface area contributed by atoms with Crippen LogP contribution in [-0.4, -0.2) is 11.2 Å². The molecule has 0 atom stereocenters. The highest BCUT2D eigenvalue weighted by molar-refractivity contribution is 5.74. The second-order valence-electron chi connectivity index (χ2n) is 9.50. The Morgan fingerprint density at radius 3 is 2.30 bits per heavy atom. The van der Waals surface area contributed by atoms with Crippen molar-refractivity contribution in [1.29, 1.82) is 0 Å². The molecule has 0 fully saturated rings. The van der Waals surface area contributed by atoms with Gasteiger partial charge in [-0.15, -0.1) is 0 Å². The normalized spacial score (nSPS) is 13.1. The topological polar surface area (TPSA) is 18.0 Å². The molecule has 1 aliphatic rings. The van der Waals surface area contributed by atoms with E-state index in [0.717, 1.165) is 18.8 Å². The van der Waals surface area contributed by atoms with E-state index in [2.05, 4.69) is 106 Å². The first-order valence-electron chi connectivity index (χ1n) is 11.8. The quantitative estimate of drug-likeness (QED) is 0.343. The summed E-state index contributed by atoms with van der Waals surface area (Å²) >= 11 is 0. The average molecular weight is 438 g/mol. The number of hydrogen-bond acceptors (Lipinski definition) is 1. The van der Waals surface area contributed by atoms with Gasteiger partial charge in [0.1, 0.15) is 25.4 Å². The lowest BCUT2D eigenvalue weighted by Crippen LogP contribution is -2.33. The van der Waals surface area contributed by atoms with Crippen LogP contribution in [0.3, 0.4) is 0 Å². The van der Waals surface area contributed by atoms with E-state index in [9.17, 15) is 0 Å². The van der Waals surface area contributed by atoms with Gasteiger partial charge in [0, 0.05) is 11.1 Å². The third-order valence-electron chi connectivity index (χ3n) is 7.65. The minimum absolute atomic E-state index is 0.630. The third-order valence-corrected chi connectivity index (χ3v) is 7.65. The summed E-state index contributed by atoms with van der Waals surface area (Å²) in [5, 5.41) is 0. The monoisotopic (exact) mass is 437 g/mol. The van der Waals surface area contributed by atoms with Gasteiger partial charge in [0.05, 0.1) is 0 Å². The third kappa shape index (κ3) is 3.66. The smallest absolute Gasteiger partial charge is 0.245 e. The Bertz CT molecular complexity index is 1390. The zero-order chi connectivity index (χ0) is 23.3. The van der Waals surface area contributed by atoms with Gasteiger partial charge in [0.15, 0.2) is 11.0 Å². The van der Waals surface area contributed by atoms with Crippen LogP contribution < -0.4 is 9.30 Å². The van der Waals surface area contributed by atoms with Crippen LogP contribution in [0.5, 0.6) is 5.75 Å². The Balaban J connectivity index is 1.58. The van der Waals surface area contributed by atoms with Crippen molar-refractivity contribution < 1.29 is 9.30 Å². The van der Waals surface area contributed by atoms with Crippen molar-refractivity contribution in [1.82, 2.24) is 4.57 Å². The molecule has 1 aromatic heterocycles. The van der Waals surface area contributed by atoms with Crippen molar-refractivity contribution >= 4 is 16.6 Å². The number of nitrogens with zero attached hydrogens (tertiary/aromatic N) is 2. The Kier molecular flexibility index (Phi) is 5.36. The molecule has 3 nitrogen and oxygen atoms in total. The molecule has 1 aliphatic heterocycles. The molecule has 0 unspecified atom stereocenters. The second-order valence-corrected chi connectivity index (χ2v) is 9.50. The highest BCUT2D eigenvalue weighted by atomic mass is 16.5. The summed E-state index contributed by atoms with van der Waals surface area (Å²) in [6.07, 6.45) is 4.52. The largest absolute Gasteiger partial charge is 0.489 e. The predicted octanol–water partition coefficient (Wildman–Crippen LogP) is 6.30. The van der Waals surface area contributed by atoms with Crippen molar-refractivity contribution in [3.63, 3.8) is 0 Å². The molecule has 0 saturated heterocycles. The first-order valence-corrected chi connectivity index (χ1v) is 11.8. The summed E-state index contributed by atoms with van der Waals surface area (Å²) in [7, 11) is 0. The van der Waals surface area contributed by atoms with Gasteiger partial charge >= 0.3 is 0 Å². The lowest BCUT2D eigenvalue weighted by Gasteiger charge is -2.18. The van der Waals surface area contributed by atoms with Gasteiger partial charge in [-0.1, -0.05) is 23.8 Å². The molecule has 3 aromatic carbocycles. The summed E-state index contributed by atoms with van der Waals surface area (Å²) in [6.45, 7) is 15.8. The van der Waals surface area contributed by atoms with Gasteiger partial charge in [-0.2, -0.15) is 0 Å². The van der Waals surface area contributed by atoms with Crippen LogP contribution in [0, 0.1) is 41.5 Å². The Hall–Kier alpha value is -3.33. The standard InChI is InChI=1S/C30H33N2O/c1-19-11-12-30-26(15-19)25(13-14-33-30)16-31-18-32(29-10-8-7-9-28(29)31)17-27-23(5)21(3)20(2)22(4)24(27)6/h7-13,15,18H,14,16-17H2,1-6H3/q+1. The van der Waals surface area contributed by atoms with E-state index < -0.39 is 0 Å². The average Bonchev–Trinajstić information content (AvgIpc) is 3.17. The van der Waals surface area contributed by atoms with Crippen LogP contribution in [0.25, 0.3) is 16.6 Å². The van der Waals surface area contributed by atoms with E-state index in [1.54, 1.807) is 0 Å². The van der Waals surface area contributed by atoms with E-state index in [1.807, 2.05) is 0 Å².